The molecule has 1 aromatic rings. The third-order valence-electron chi connectivity index (χ3n) is 4.38. The zero-order chi connectivity index (χ0) is 19.3. The number of piperidine rings is 1. The van der Waals surface area contributed by atoms with Crippen LogP contribution in [0, 0.1) is 0 Å². The minimum Gasteiger partial charge on any atom is -0.460 e. The molecule has 1 aromatic carbocycles. The summed E-state index contributed by atoms with van der Waals surface area (Å²) >= 11 is 0. The number of benzene rings is 1. The molecule has 0 saturated carbocycles. The van der Waals surface area contributed by atoms with Gasteiger partial charge in [0, 0.05) is 12.1 Å². The molecule has 0 spiro atoms. The van der Waals surface area contributed by atoms with Crippen LogP contribution in [-0.2, 0) is 15.7 Å². The van der Waals surface area contributed by atoms with Crippen LogP contribution in [0.2, 0.25) is 0 Å². The SMILES string of the molecule is CCOC(=O)C(=NNc1cccc(C(F)(F)F)c1)N1C(C)CCCC1C. The van der Waals surface area contributed by atoms with E-state index in [4.69, 9.17) is 4.74 Å². The number of alkyl halides is 3. The van der Waals surface area contributed by atoms with Gasteiger partial charge in [-0.05, 0) is 58.2 Å². The van der Waals surface area contributed by atoms with Crippen LogP contribution in [0.1, 0.15) is 45.6 Å². The highest BCUT2D eigenvalue weighted by Gasteiger charge is 2.33. The Hall–Kier alpha value is -2.25. The summed E-state index contributed by atoms with van der Waals surface area (Å²) in [6.07, 6.45) is -1.57. The first-order valence-corrected chi connectivity index (χ1v) is 8.70. The third-order valence-corrected chi connectivity index (χ3v) is 4.38. The fourth-order valence-corrected chi connectivity index (χ4v) is 3.13. The molecule has 26 heavy (non-hydrogen) atoms. The molecule has 0 bridgehead atoms. The number of nitrogens with one attached hydrogen (secondary N) is 1. The Morgan fingerprint density at radius 1 is 1.31 bits per heavy atom. The number of likely N-dealkylation sites (tertiary alicyclic amines) is 1. The molecule has 1 heterocycles. The highest BCUT2D eigenvalue weighted by atomic mass is 19.4. The van der Waals surface area contributed by atoms with Crippen molar-refractivity contribution in [2.45, 2.75) is 58.3 Å². The summed E-state index contributed by atoms with van der Waals surface area (Å²) in [6.45, 7) is 5.88. The molecule has 1 N–H and O–H groups in total. The summed E-state index contributed by atoms with van der Waals surface area (Å²) in [7, 11) is 0. The van der Waals surface area contributed by atoms with Crippen molar-refractivity contribution in [1.82, 2.24) is 4.90 Å². The molecule has 1 saturated heterocycles. The van der Waals surface area contributed by atoms with Crippen molar-refractivity contribution < 1.29 is 22.7 Å². The standard InChI is InChI=1S/C18H24F3N3O2/c1-4-26-17(25)16(24-12(2)7-5-8-13(24)3)23-22-15-10-6-9-14(11-15)18(19,20)21/h6,9-13,22H,4-5,7-8H2,1-3H3. The lowest BCUT2D eigenvalue weighted by Crippen LogP contribution is -2.51. The van der Waals surface area contributed by atoms with Crippen molar-refractivity contribution in [3.63, 3.8) is 0 Å². The van der Waals surface area contributed by atoms with Crippen LogP contribution in [-0.4, -0.2) is 35.4 Å². The number of ether oxygens (including phenoxy) is 1. The van der Waals surface area contributed by atoms with Gasteiger partial charge in [-0.2, -0.15) is 13.2 Å². The molecule has 0 amide bonds. The zero-order valence-corrected chi connectivity index (χ0v) is 15.1. The maximum absolute atomic E-state index is 12.8. The van der Waals surface area contributed by atoms with E-state index in [2.05, 4.69) is 10.5 Å². The van der Waals surface area contributed by atoms with Crippen LogP contribution in [0.4, 0.5) is 18.9 Å². The number of hydrogen-bond donors (Lipinski definition) is 1. The zero-order valence-electron chi connectivity index (χ0n) is 15.1. The van der Waals surface area contributed by atoms with E-state index in [9.17, 15) is 18.0 Å². The van der Waals surface area contributed by atoms with Crippen LogP contribution in [0.3, 0.4) is 0 Å². The van der Waals surface area contributed by atoms with Gasteiger partial charge in [-0.1, -0.05) is 6.07 Å². The molecule has 2 unspecified atom stereocenters. The lowest BCUT2D eigenvalue weighted by molar-refractivity contribution is -0.138. The molecule has 1 aliphatic heterocycles. The Kier molecular flexibility index (Phi) is 6.50. The number of esters is 1. The van der Waals surface area contributed by atoms with Crippen LogP contribution in [0.15, 0.2) is 29.4 Å². The summed E-state index contributed by atoms with van der Waals surface area (Å²) in [5.74, 6) is -0.503. The topological polar surface area (TPSA) is 53.9 Å². The predicted molar refractivity (Wildman–Crippen MR) is 93.7 cm³/mol. The van der Waals surface area contributed by atoms with Crippen molar-refractivity contribution in [1.29, 1.82) is 0 Å². The number of halogens is 3. The van der Waals surface area contributed by atoms with Gasteiger partial charge in [-0.25, -0.2) is 4.79 Å². The van der Waals surface area contributed by atoms with Gasteiger partial charge in [0.05, 0.1) is 17.9 Å². The molecule has 2 rings (SSSR count). The molecule has 0 aromatic heterocycles. The van der Waals surface area contributed by atoms with Crippen LogP contribution < -0.4 is 5.43 Å². The molecule has 0 radical (unpaired) electrons. The Balaban J connectivity index is 2.29. The Bertz CT molecular complexity index is 651. The number of anilines is 1. The Labute approximate surface area is 151 Å². The van der Waals surface area contributed by atoms with Crippen molar-refractivity contribution >= 4 is 17.5 Å². The molecule has 1 aliphatic rings. The van der Waals surface area contributed by atoms with Crippen molar-refractivity contribution in [2.24, 2.45) is 5.10 Å². The second-order valence-corrected chi connectivity index (χ2v) is 6.38. The molecule has 2 atom stereocenters. The van der Waals surface area contributed by atoms with E-state index < -0.39 is 17.7 Å². The van der Waals surface area contributed by atoms with Gasteiger partial charge in [0.2, 0.25) is 5.84 Å². The first-order valence-electron chi connectivity index (χ1n) is 8.70. The van der Waals surface area contributed by atoms with E-state index >= 15 is 0 Å². The average molecular weight is 371 g/mol. The average Bonchev–Trinajstić information content (AvgIpc) is 2.57. The van der Waals surface area contributed by atoms with Gasteiger partial charge in [0.25, 0.3) is 0 Å². The Morgan fingerprint density at radius 3 is 2.54 bits per heavy atom. The molecule has 5 nitrogen and oxygen atoms in total. The number of carbonyl (C=O) groups excluding carboxylic acids is 1. The molecular formula is C18H24F3N3O2. The van der Waals surface area contributed by atoms with Gasteiger partial charge < -0.3 is 9.64 Å². The van der Waals surface area contributed by atoms with Crippen LogP contribution >= 0.6 is 0 Å². The summed E-state index contributed by atoms with van der Waals surface area (Å²) in [6, 6.07) is 4.86. The van der Waals surface area contributed by atoms with Crippen molar-refractivity contribution in [3.8, 4) is 0 Å². The maximum Gasteiger partial charge on any atom is 0.416 e. The monoisotopic (exact) mass is 371 g/mol. The van der Waals surface area contributed by atoms with Gasteiger partial charge in [0.1, 0.15) is 0 Å². The molecular weight excluding hydrogens is 347 g/mol. The quantitative estimate of drug-likeness (QED) is 0.373. The summed E-state index contributed by atoms with van der Waals surface area (Å²) in [5, 5.41) is 4.11. The smallest absolute Gasteiger partial charge is 0.416 e. The third kappa shape index (κ3) is 4.89. The van der Waals surface area contributed by atoms with E-state index in [0.29, 0.717) is 0 Å². The number of carbonyl (C=O) groups is 1. The lowest BCUT2D eigenvalue weighted by atomic mass is 9.97. The van der Waals surface area contributed by atoms with E-state index in [1.807, 2.05) is 18.7 Å². The second-order valence-electron chi connectivity index (χ2n) is 6.38. The highest BCUT2D eigenvalue weighted by Crippen LogP contribution is 2.30. The van der Waals surface area contributed by atoms with Gasteiger partial charge in [-0.15, -0.1) is 5.10 Å². The molecule has 1 fully saturated rings. The first-order chi connectivity index (χ1) is 12.2. The van der Waals surface area contributed by atoms with Gasteiger partial charge in [0.15, 0.2) is 0 Å². The van der Waals surface area contributed by atoms with Crippen LogP contribution in [0.5, 0.6) is 0 Å². The van der Waals surface area contributed by atoms with Crippen molar-refractivity contribution in [3.05, 3.63) is 29.8 Å². The minimum absolute atomic E-state index is 0.0870. The normalized spacial score (nSPS) is 21.5. The van der Waals surface area contributed by atoms with Crippen LogP contribution in [0.25, 0.3) is 0 Å². The van der Waals surface area contributed by atoms with E-state index in [1.54, 1.807) is 6.92 Å². The maximum atomic E-state index is 12.8. The lowest BCUT2D eigenvalue weighted by Gasteiger charge is -2.40. The fourth-order valence-electron chi connectivity index (χ4n) is 3.13. The minimum atomic E-state index is -4.44. The molecule has 8 heteroatoms. The van der Waals surface area contributed by atoms with Crippen molar-refractivity contribution in [2.75, 3.05) is 12.0 Å². The first kappa shape index (κ1) is 20.1. The highest BCUT2D eigenvalue weighted by molar-refractivity contribution is 6.35. The molecule has 0 aliphatic carbocycles. The Morgan fingerprint density at radius 2 is 1.96 bits per heavy atom. The number of hydrazone groups is 1. The number of hydrogen-bond acceptors (Lipinski definition) is 4. The number of rotatable bonds is 3. The number of nitrogens with zero attached hydrogens (tertiary/aromatic N) is 2. The van der Waals surface area contributed by atoms with Gasteiger partial charge >= 0.3 is 12.1 Å². The van der Waals surface area contributed by atoms with Gasteiger partial charge in [-0.3, -0.25) is 5.43 Å². The largest absolute Gasteiger partial charge is 0.460 e. The fraction of sp³-hybridized carbons (Fsp3) is 0.556. The number of amidine groups is 1. The summed E-state index contributed by atoms with van der Waals surface area (Å²) in [5.41, 5.74) is 1.95. The predicted octanol–water partition coefficient (Wildman–Crippen LogP) is 4.26. The second kappa shape index (κ2) is 8.42. The van der Waals surface area contributed by atoms with E-state index in [-0.39, 0.29) is 30.2 Å². The van der Waals surface area contributed by atoms with E-state index in [1.165, 1.54) is 12.1 Å². The molecule has 144 valence electrons. The summed E-state index contributed by atoms with van der Waals surface area (Å²) in [4.78, 5) is 14.2. The van der Waals surface area contributed by atoms with E-state index in [0.717, 1.165) is 31.4 Å². The summed E-state index contributed by atoms with van der Waals surface area (Å²) < 4.78 is 43.6.